The summed E-state index contributed by atoms with van der Waals surface area (Å²) in [7, 11) is 1.49. The van der Waals surface area contributed by atoms with E-state index in [1.165, 1.54) is 36.2 Å². The quantitative estimate of drug-likeness (QED) is 0.629. The highest BCUT2D eigenvalue weighted by atomic mass is 16.6. The van der Waals surface area contributed by atoms with Crippen LogP contribution < -0.4 is 10.1 Å². The molecular weight excluding hydrogens is 302 g/mol. The van der Waals surface area contributed by atoms with Crippen LogP contribution in [-0.2, 0) is 9.59 Å². The average molecular weight is 323 g/mol. The Balaban J connectivity index is 2.51. The van der Waals surface area contributed by atoms with Gasteiger partial charge in [-0.1, -0.05) is 6.07 Å². The van der Waals surface area contributed by atoms with Crippen LogP contribution in [0, 0.1) is 10.1 Å². The molecule has 0 aliphatic heterocycles. The maximum atomic E-state index is 11.9. The van der Waals surface area contributed by atoms with Crippen molar-refractivity contribution in [1.82, 2.24) is 10.2 Å². The number of carbonyl (C=O) groups is 2. The zero-order valence-electron chi connectivity index (χ0n) is 13.7. The molecule has 0 bridgehead atoms. The summed E-state index contributed by atoms with van der Waals surface area (Å²) >= 11 is 0. The Kier molecular flexibility index (Phi) is 6.06. The molecule has 0 atom stereocenters. The van der Waals surface area contributed by atoms with Crippen LogP contribution in [0.3, 0.4) is 0 Å². The predicted octanol–water partition coefficient (Wildman–Crippen LogP) is 1.35. The summed E-state index contributed by atoms with van der Waals surface area (Å²) in [6.45, 7) is 5.14. The molecule has 0 saturated heterocycles. The molecule has 0 heterocycles. The molecule has 8 nitrogen and oxygen atoms in total. The molecule has 0 unspecified atom stereocenters. The molecule has 0 aromatic heterocycles. The van der Waals surface area contributed by atoms with Crippen molar-refractivity contribution in [2.45, 2.75) is 26.3 Å². The van der Waals surface area contributed by atoms with E-state index in [0.29, 0.717) is 0 Å². The fraction of sp³-hybridized carbons (Fsp3) is 0.467. The third-order valence-corrected chi connectivity index (χ3v) is 2.71. The normalized spacial score (nSPS) is 10.8. The van der Waals surface area contributed by atoms with Gasteiger partial charge in [-0.05, 0) is 26.8 Å². The zero-order chi connectivity index (χ0) is 17.6. The van der Waals surface area contributed by atoms with Gasteiger partial charge in [0.15, 0.2) is 6.61 Å². The SMILES string of the molecule is CN(CC(=O)NC(C)(C)C)C(=O)COc1cccc([N+](=O)[O-])c1. The average Bonchev–Trinajstić information content (AvgIpc) is 2.42. The van der Waals surface area contributed by atoms with Gasteiger partial charge in [-0.15, -0.1) is 0 Å². The van der Waals surface area contributed by atoms with E-state index < -0.39 is 10.8 Å². The minimum Gasteiger partial charge on any atom is -0.484 e. The van der Waals surface area contributed by atoms with Gasteiger partial charge in [0.25, 0.3) is 11.6 Å². The van der Waals surface area contributed by atoms with Gasteiger partial charge in [-0.3, -0.25) is 19.7 Å². The van der Waals surface area contributed by atoms with Gasteiger partial charge in [0.05, 0.1) is 17.5 Å². The van der Waals surface area contributed by atoms with E-state index in [1.54, 1.807) is 0 Å². The van der Waals surface area contributed by atoms with Crippen molar-refractivity contribution in [1.29, 1.82) is 0 Å². The number of benzene rings is 1. The first-order valence-corrected chi connectivity index (χ1v) is 7.01. The summed E-state index contributed by atoms with van der Waals surface area (Å²) < 4.78 is 5.23. The lowest BCUT2D eigenvalue weighted by Gasteiger charge is -2.23. The molecule has 0 spiro atoms. The first-order valence-electron chi connectivity index (χ1n) is 7.01. The van der Waals surface area contributed by atoms with E-state index >= 15 is 0 Å². The van der Waals surface area contributed by atoms with Crippen molar-refractivity contribution in [2.75, 3.05) is 20.2 Å². The van der Waals surface area contributed by atoms with Crippen molar-refractivity contribution in [3.8, 4) is 5.75 Å². The second kappa shape index (κ2) is 7.57. The van der Waals surface area contributed by atoms with Crippen LogP contribution in [0.25, 0.3) is 0 Å². The number of likely N-dealkylation sites (N-methyl/N-ethyl adjacent to an activating group) is 1. The van der Waals surface area contributed by atoms with Crippen LogP contribution in [0.15, 0.2) is 24.3 Å². The van der Waals surface area contributed by atoms with Crippen molar-refractivity contribution >= 4 is 17.5 Å². The van der Waals surface area contributed by atoms with Crippen LogP contribution in [-0.4, -0.2) is 47.4 Å². The standard InChI is InChI=1S/C15H21N3O5/c1-15(2,3)16-13(19)9-17(4)14(20)10-23-12-7-5-6-11(8-12)18(21)22/h5-8H,9-10H2,1-4H3,(H,16,19). The van der Waals surface area contributed by atoms with Gasteiger partial charge < -0.3 is 15.0 Å². The molecule has 8 heteroatoms. The number of amides is 2. The molecule has 1 rings (SSSR count). The number of hydrogen-bond acceptors (Lipinski definition) is 5. The number of nitro benzene ring substituents is 1. The fourth-order valence-electron chi connectivity index (χ4n) is 1.70. The number of nitrogens with one attached hydrogen (secondary N) is 1. The van der Waals surface area contributed by atoms with Crippen molar-refractivity contribution < 1.29 is 19.2 Å². The first kappa shape index (κ1) is 18.4. The van der Waals surface area contributed by atoms with Gasteiger partial charge in [0.1, 0.15) is 5.75 Å². The summed E-state index contributed by atoms with van der Waals surface area (Å²) in [6.07, 6.45) is 0. The van der Waals surface area contributed by atoms with Crippen molar-refractivity contribution in [3.05, 3.63) is 34.4 Å². The number of ether oxygens (including phenoxy) is 1. The molecule has 0 aliphatic carbocycles. The lowest BCUT2D eigenvalue weighted by atomic mass is 10.1. The monoisotopic (exact) mass is 323 g/mol. The Morgan fingerprint density at radius 3 is 2.57 bits per heavy atom. The number of rotatable bonds is 6. The molecule has 1 aromatic rings. The van der Waals surface area contributed by atoms with Gasteiger partial charge in [-0.25, -0.2) is 0 Å². The first-order chi connectivity index (χ1) is 10.6. The van der Waals surface area contributed by atoms with Gasteiger partial charge in [-0.2, -0.15) is 0 Å². The van der Waals surface area contributed by atoms with Crippen LogP contribution in [0.4, 0.5) is 5.69 Å². The summed E-state index contributed by atoms with van der Waals surface area (Å²) in [5, 5.41) is 13.4. The minimum atomic E-state index is -0.544. The molecule has 23 heavy (non-hydrogen) atoms. The number of non-ortho nitro benzene ring substituents is 1. The smallest absolute Gasteiger partial charge is 0.273 e. The number of carbonyl (C=O) groups excluding carboxylic acids is 2. The second-order valence-corrected chi connectivity index (χ2v) is 6.09. The number of hydrogen-bond donors (Lipinski definition) is 1. The lowest BCUT2D eigenvalue weighted by Crippen LogP contribution is -2.47. The van der Waals surface area contributed by atoms with E-state index in [1.807, 2.05) is 20.8 Å². The fourth-order valence-corrected chi connectivity index (χ4v) is 1.70. The zero-order valence-corrected chi connectivity index (χ0v) is 13.7. The third-order valence-electron chi connectivity index (χ3n) is 2.71. The third kappa shape index (κ3) is 6.77. The Morgan fingerprint density at radius 1 is 1.35 bits per heavy atom. The van der Waals surface area contributed by atoms with Crippen LogP contribution in [0.5, 0.6) is 5.75 Å². The van der Waals surface area contributed by atoms with E-state index in [2.05, 4.69) is 5.32 Å². The molecule has 0 fully saturated rings. The van der Waals surface area contributed by atoms with Crippen LogP contribution in [0.1, 0.15) is 20.8 Å². The van der Waals surface area contributed by atoms with E-state index in [9.17, 15) is 19.7 Å². The summed E-state index contributed by atoms with van der Waals surface area (Å²) in [5.41, 5.74) is -0.492. The summed E-state index contributed by atoms with van der Waals surface area (Å²) in [4.78, 5) is 35.0. The summed E-state index contributed by atoms with van der Waals surface area (Å²) in [6, 6.07) is 5.56. The lowest BCUT2D eigenvalue weighted by molar-refractivity contribution is -0.384. The number of nitrogens with zero attached hydrogens (tertiary/aromatic N) is 2. The Bertz CT molecular complexity index is 595. The Labute approximate surface area is 134 Å². The summed E-state index contributed by atoms with van der Waals surface area (Å²) in [5.74, 6) is -0.454. The van der Waals surface area contributed by atoms with Crippen molar-refractivity contribution in [2.24, 2.45) is 0 Å². The predicted molar refractivity (Wildman–Crippen MR) is 84.1 cm³/mol. The van der Waals surface area contributed by atoms with Crippen LogP contribution >= 0.6 is 0 Å². The number of nitro groups is 1. The van der Waals surface area contributed by atoms with E-state index in [0.717, 1.165) is 0 Å². The molecule has 1 N–H and O–H groups in total. The van der Waals surface area contributed by atoms with E-state index in [4.69, 9.17) is 4.74 Å². The molecule has 1 aromatic carbocycles. The van der Waals surface area contributed by atoms with Gasteiger partial charge in [0, 0.05) is 18.7 Å². The topological polar surface area (TPSA) is 102 Å². The van der Waals surface area contributed by atoms with Crippen LogP contribution in [0.2, 0.25) is 0 Å². The van der Waals surface area contributed by atoms with Crippen molar-refractivity contribution in [3.63, 3.8) is 0 Å². The maximum Gasteiger partial charge on any atom is 0.273 e. The highest BCUT2D eigenvalue weighted by Crippen LogP contribution is 2.18. The molecule has 0 radical (unpaired) electrons. The molecule has 126 valence electrons. The molecular formula is C15H21N3O5. The van der Waals surface area contributed by atoms with E-state index in [-0.39, 0.29) is 36.0 Å². The largest absolute Gasteiger partial charge is 0.484 e. The molecule has 0 saturated carbocycles. The second-order valence-electron chi connectivity index (χ2n) is 6.09. The minimum absolute atomic E-state index is 0.0889. The highest BCUT2D eigenvalue weighted by Gasteiger charge is 2.18. The highest BCUT2D eigenvalue weighted by molar-refractivity contribution is 5.85. The molecule has 2 amide bonds. The molecule has 0 aliphatic rings. The van der Waals surface area contributed by atoms with Gasteiger partial charge in [0.2, 0.25) is 5.91 Å². The Hall–Kier alpha value is -2.64. The van der Waals surface area contributed by atoms with Gasteiger partial charge >= 0.3 is 0 Å². The Morgan fingerprint density at radius 2 is 2.00 bits per heavy atom. The maximum absolute atomic E-state index is 11.9.